The van der Waals surface area contributed by atoms with Gasteiger partial charge in [-0.3, -0.25) is 4.72 Å². The first kappa shape index (κ1) is 20.7. The second kappa shape index (κ2) is 9.37. The molecule has 144 valence electrons. The van der Waals surface area contributed by atoms with Crippen LogP contribution in [0.4, 0.5) is 5.69 Å². The normalized spacial score (nSPS) is 11.5. The second-order valence-corrected chi connectivity index (χ2v) is 7.60. The molecule has 0 atom stereocenters. The molecule has 2 rings (SSSR count). The van der Waals surface area contributed by atoms with Crippen LogP contribution in [0.5, 0.6) is 0 Å². The summed E-state index contributed by atoms with van der Waals surface area (Å²) in [5.74, 6) is -0.431. The van der Waals surface area contributed by atoms with Gasteiger partial charge in [0.15, 0.2) is 0 Å². The molecule has 0 amide bonds. The van der Waals surface area contributed by atoms with Crippen molar-refractivity contribution in [2.75, 3.05) is 11.3 Å². The number of para-hydroxylation sites is 1. The summed E-state index contributed by atoms with van der Waals surface area (Å²) >= 11 is 0. The fraction of sp³-hybridized carbons (Fsp3) is 0.286. The summed E-state index contributed by atoms with van der Waals surface area (Å²) in [4.78, 5) is 11.5. The molecule has 0 unspecified atom stereocenters. The van der Waals surface area contributed by atoms with E-state index in [0.29, 0.717) is 17.9 Å². The van der Waals surface area contributed by atoms with Gasteiger partial charge >= 0.3 is 5.97 Å². The maximum Gasteiger partial charge on any atom is 0.330 e. The summed E-state index contributed by atoms with van der Waals surface area (Å²) in [6.45, 7) is 6.04. The van der Waals surface area contributed by atoms with E-state index >= 15 is 0 Å². The van der Waals surface area contributed by atoms with Crippen LogP contribution in [-0.2, 0) is 32.4 Å². The van der Waals surface area contributed by atoms with E-state index in [0.717, 1.165) is 24.0 Å². The van der Waals surface area contributed by atoms with E-state index in [-0.39, 0.29) is 4.90 Å². The molecule has 0 fully saturated rings. The zero-order chi connectivity index (χ0) is 19.9. The molecule has 0 heterocycles. The van der Waals surface area contributed by atoms with Crippen molar-refractivity contribution in [1.82, 2.24) is 0 Å². The predicted molar refractivity (Wildman–Crippen MR) is 108 cm³/mol. The van der Waals surface area contributed by atoms with Gasteiger partial charge in [0.05, 0.1) is 17.2 Å². The quantitative estimate of drug-likeness (QED) is 0.544. The Bertz CT molecular complexity index is 893. The van der Waals surface area contributed by atoms with Gasteiger partial charge in [-0.05, 0) is 54.7 Å². The molecular weight excluding hydrogens is 362 g/mol. The van der Waals surface area contributed by atoms with Gasteiger partial charge in [-0.25, -0.2) is 13.2 Å². The molecule has 0 bridgehead atoms. The van der Waals surface area contributed by atoms with Crippen molar-refractivity contribution in [3.63, 3.8) is 0 Å². The van der Waals surface area contributed by atoms with Gasteiger partial charge in [-0.1, -0.05) is 44.2 Å². The second-order valence-electron chi connectivity index (χ2n) is 5.92. The van der Waals surface area contributed by atoms with E-state index < -0.39 is 16.0 Å². The van der Waals surface area contributed by atoms with E-state index in [1.54, 1.807) is 25.1 Å². The van der Waals surface area contributed by atoms with Crippen molar-refractivity contribution in [3.8, 4) is 0 Å². The van der Waals surface area contributed by atoms with E-state index in [2.05, 4.69) is 4.72 Å². The molecule has 0 aliphatic carbocycles. The van der Waals surface area contributed by atoms with Crippen molar-refractivity contribution < 1.29 is 17.9 Å². The Labute approximate surface area is 161 Å². The van der Waals surface area contributed by atoms with E-state index in [1.807, 2.05) is 32.0 Å². The van der Waals surface area contributed by atoms with Gasteiger partial charge in [-0.2, -0.15) is 0 Å². The molecule has 2 aromatic carbocycles. The van der Waals surface area contributed by atoms with Gasteiger partial charge in [-0.15, -0.1) is 0 Å². The Hall–Kier alpha value is -2.60. The van der Waals surface area contributed by atoms with Gasteiger partial charge in [0.25, 0.3) is 10.0 Å². The summed E-state index contributed by atoms with van der Waals surface area (Å²) in [6, 6.07) is 12.1. The maximum atomic E-state index is 12.8. The zero-order valence-electron chi connectivity index (χ0n) is 15.9. The number of carbonyl (C=O) groups excluding carboxylic acids is 1. The van der Waals surface area contributed by atoms with Crippen LogP contribution in [0.2, 0.25) is 0 Å². The Morgan fingerprint density at radius 2 is 1.59 bits per heavy atom. The topological polar surface area (TPSA) is 72.5 Å². The molecule has 0 saturated heterocycles. The van der Waals surface area contributed by atoms with E-state index in [1.165, 1.54) is 18.2 Å². The Morgan fingerprint density at radius 3 is 2.11 bits per heavy atom. The lowest BCUT2D eigenvalue weighted by Gasteiger charge is -2.15. The van der Waals surface area contributed by atoms with Crippen LogP contribution >= 0.6 is 0 Å². The molecule has 0 aromatic heterocycles. The minimum absolute atomic E-state index is 0.170. The molecule has 0 aliphatic heterocycles. The van der Waals surface area contributed by atoms with Crippen molar-refractivity contribution in [2.24, 2.45) is 0 Å². The number of esters is 1. The fourth-order valence-electron chi connectivity index (χ4n) is 2.68. The predicted octanol–water partition coefficient (Wildman–Crippen LogP) is 4.19. The highest BCUT2D eigenvalue weighted by Gasteiger charge is 2.17. The first-order chi connectivity index (χ1) is 12.9. The summed E-state index contributed by atoms with van der Waals surface area (Å²) in [6.07, 6.45) is 4.38. The van der Waals surface area contributed by atoms with Gasteiger partial charge < -0.3 is 4.74 Å². The first-order valence-corrected chi connectivity index (χ1v) is 10.5. The third-order valence-corrected chi connectivity index (χ3v) is 5.49. The SMILES string of the molecule is CCOC(=O)C=Cc1ccc(S(=O)(=O)Nc2c(CC)cccc2CC)cc1. The number of aryl methyl sites for hydroxylation is 2. The van der Waals surface area contributed by atoms with E-state index in [4.69, 9.17) is 4.74 Å². The lowest BCUT2D eigenvalue weighted by atomic mass is 10.0. The van der Waals surface area contributed by atoms with Crippen LogP contribution in [-0.4, -0.2) is 21.0 Å². The van der Waals surface area contributed by atoms with Crippen LogP contribution in [0.15, 0.2) is 53.4 Å². The van der Waals surface area contributed by atoms with Crippen LogP contribution in [0.1, 0.15) is 37.5 Å². The molecule has 5 nitrogen and oxygen atoms in total. The van der Waals surface area contributed by atoms with Gasteiger partial charge in [0.2, 0.25) is 0 Å². The molecule has 27 heavy (non-hydrogen) atoms. The number of rotatable bonds is 8. The third kappa shape index (κ3) is 5.44. The molecular formula is C21H25NO4S. The molecule has 2 aromatic rings. The Kier molecular flexibility index (Phi) is 7.19. The lowest BCUT2D eigenvalue weighted by Crippen LogP contribution is -2.15. The maximum absolute atomic E-state index is 12.8. The highest BCUT2D eigenvalue weighted by atomic mass is 32.2. The zero-order valence-corrected chi connectivity index (χ0v) is 16.7. The van der Waals surface area contributed by atoms with E-state index in [9.17, 15) is 13.2 Å². The number of carbonyl (C=O) groups is 1. The van der Waals surface area contributed by atoms with Crippen LogP contribution < -0.4 is 4.72 Å². The molecule has 0 saturated carbocycles. The summed E-state index contributed by atoms with van der Waals surface area (Å²) < 4.78 is 33.2. The average molecular weight is 388 g/mol. The third-order valence-electron chi connectivity index (χ3n) is 4.12. The standard InChI is InChI=1S/C21H25NO4S/c1-4-17-8-7-9-18(5-2)21(17)22-27(24,25)19-13-10-16(11-14-19)12-15-20(23)26-6-3/h7-15,22H,4-6H2,1-3H3. The molecule has 0 radical (unpaired) electrons. The Balaban J connectivity index is 2.24. The lowest BCUT2D eigenvalue weighted by molar-refractivity contribution is -0.137. The number of ether oxygens (including phenoxy) is 1. The number of anilines is 1. The Morgan fingerprint density at radius 1 is 1.00 bits per heavy atom. The minimum Gasteiger partial charge on any atom is -0.463 e. The highest BCUT2D eigenvalue weighted by Crippen LogP contribution is 2.26. The smallest absolute Gasteiger partial charge is 0.330 e. The van der Waals surface area contributed by atoms with Crippen molar-refractivity contribution in [2.45, 2.75) is 38.5 Å². The number of benzene rings is 2. The highest BCUT2D eigenvalue weighted by molar-refractivity contribution is 7.92. The van der Waals surface area contributed by atoms with Gasteiger partial charge in [0, 0.05) is 6.08 Å². The molecule has 1 N–H and O–H groups in total. The van der Waals surface area contributed by atoms with Crippen LogP contribution in [0.25, 0.3) is 6.08 Å². The average Bonchev–Trinajstić information content (AvgIpc) is 2.67. The molecule has 0 aliphatic rings. The number of hydrogen-bond donors (Lipinski definition) is 1. The summed E-state index contributed by atoms with van der Waals surface area (Å²) in [5, 5.41) is 0. The van der Waals surface area contributed by atoms with Crippen LogP contribution in [0.3, 0.4) is 0 Å². The van der Waals surface area contributed by atoms with Crippen molar-refractivity contribution in [1.29, 1.82) is 0 Å². The fourth-order valence-corrected chi connectivity index (χ4v) is 3.82. The largest absolute Gasteiger partial charge is 0.463 e. The number of nitrogens with one attached hydrogen (secondary N) is 1. The number of sulfonamides is 1. The minimum atomic E-state index is -3.70. The van der Waals surface area contributed by atoms with Crippen molar-refractivity contribution in [3.05, 3.63) is 65.2 Å². The van der Waals surface area contributed by atoms with Crippen LogP contribution in [0, 0.1) is 0 Å². The summed E-state index contributed by atoms with van der Waals surface area (Å²) in [7, 11) is -3.70. The molecule has 6 heteroatoms. The van der Waals surface area contributed by atoms with Crippen molar-refractivity contribution >= 4 is 27.8 Å². The monoisotopic (exact) mass is 387 g/mol. The first-order valence-electron chi connectivity index (χ1n) is 8.99. The number of hydrogen-bond acceptors (Lipinski definition) is 4. The molecule has 0 spiro atoms. The van der Waals surface area contributed by atoms with Gasteiger partial charge in [0.1, 0.15) is 0 Å². The summed E-state index contributed by atoms with van der Waals surface area (Å²) in [5.41, 5.74) is 3.30.